The minimum Gasteiger partial charge on any atom is -0.144 e. The van der Waals surface area contributed by atoms with Crippen LogP contribution in [0.5, 0.6) is 0 Å². The maximum absolute atomic E-state index is 4.42. The maximum atomic E-state index is 4.42. The topological polar surface area (TPSA) is 25.8 Å². The molecule has 1 heterocycles. The largest absolute Gasteiger partial charge is 0.144 e. The number of aryl methyl sites for hydroxylation is 3. The van der Waals surface area contributed by atoms with Gasteiger partial charge in [-0.25, -0.2) is 0 Å². The summed E-state index contributed by atoms with van der Waals surface area (Å²) in [6.07, 6.45) is 16.8. The predicted octanol–water partition coefficient (Wildman–Crippen LogP) is 7.52. The molecule has 0 atom stereocenters. The van der Waals surface area contributed by atoms with Crippen LogP contribution in [-0.4, -0.2) is 10.2 Å². The van der Waals surface area contributed by atoms with Crippen molar-refractivity contribution in [1.29, 1.82) is 0 Å². The Balaban J connectivity index is 1.40. The summed E-state index contributed by atoms with van der Waals surface area (Å²) < 4.78 is 0. The van der Waals surface area contributed by atoms with Crippen LogP contribution in [0.1, 0.15) is 105 Å². The van der Waals surface area contributed by atoms with Crippen molar-refractivity contribution in [2.45, 2.75) is 103 Å². The van der Waals surface area contributed by atoms with E-state index in [4.69, 9.17) is 0 Å². The van der Waals surface area contributed by atoms with Crippen LogP contribution in [0.4, 0.5) is 0 Å². The summed E-state index contributed by atoms with van der Waals surface area (Å²) in [5.74, 6) is 1.77. The molecule has 154 valence electrons. The van der Waals surface area contributed by atoms with Gasteiger partial charge in [0.15, 0.2) is 0 Å². The Labute approximate surface area is 176 Å². The van der Waals surface area contributed by atoms with Crippen molar-refractivity contribution in [3.8, 4) is 0 Å². The van der Waals surface area contributed by atoms with Crippen LogP contribution in [0.15, 0.2) is 24.3 Å². The molecule has 2 nitrogen and oxygen atoms in total. The fourth-order valence-electron chi connectivity index (χ4n) is 4.48. The van der Waals surface area contributed by atoms with Crippen molar-refractivity contribution in [1.82, 2.24) is 10.2 Å². The molecule has 28 heavy (non-hydrogen) atoms. The highest BCUT2D eigenvalue weighted by atomic mass is 32.1. The van der Waals surface area contributed by atoms with Gasteiger partial charge in [0.05, 0.1) is 0 Å². The van der Waals surface area contributed by atoms with Crippen molar-refractivity contribution in [2.75, 3.05) is 0 Å². The first-order chi connectivity index (χ1) is 13.8. The Morgan fingerprint density at radius 3 is 2.14 bits per heavy atom. The molecular weight excluding hydrogens is 360 g/mol. The highest BCUT2D eigenvalue weighted by Gasteiger charge is 2.21. The average Bonchev–Trinajstić information content (AvgIpc) is 3.20. The summed E-state index contributed by atoms with van der Waals surface area (Å²) >= 11 is 1.82. The zero-order chi connectivity index (χ0) is 19.6. The predicted molar refractivity (Wildman–Crippen MR) is 121 cm³/mol. The molecule has 1 aliphatic carbocycles. The number of hydrogen-bond donors (Lipinski definition) is 0. The van der Waals surface area contributed by atoms with Gasteiger partial charge in [-0.05, 0) is 61.5 Å². The minimum atomic E-state index is 0.792. The van der Waals surface area contributed by atoms with E-state index in [1.807, 2.05) is 11.3 Å². The molecule has 1 aromatic heterocycles. The zero-order valence-electron chi connectivity index (χ0n) is 18.0. The first-order valence-electron chi connectivity index (χ1n) is 11.7. The third-order valence-corrected chi connectivity index (χ3v) is 7.55. The van der Waals surface area contributed by atoms with Gasteiger partial charge in [0, 0.05) is 12.8 Å². The molecule has 0 spiro atoms. The second-order valence-corrected chi connectivity index (χ2v) is 9.77. The van der Waals surface area contributed by atoms with Gasteiger partial charge in [-0.1, -0.05) is 70.2 Å². The lowest BCUT2D eigenvalue weighted by atomic mass is 9.78. The van der Waals surface area contributed by atoms with Gasteiger partial charge >= 0.3 is 0 Å². The fraction of sp³-hybridized carbons (Fsp3) is 0.680. The van der Waals surface area contributed by atoms with E-state index < -0.39 is 0 Å². The number of aromatic nitrogens is 2. The number of rotatable bonds is 11. The number of hydrogen-bond acceptors (Lipinski definition) is 3. The van der Waals surface area contributed by atoms with Gasteiger partial charge < -0.3 is 0 Å². The van der Waals surface area contributed by atoms with Gasteiger partial charge in [-0.15, -0.1) is 21.5 Å². The minimum absolute atomic E-state index is 0.792. The van der Waals surface area contributed by atoms with Crippen molar-refractivity contribution in [3.63, 3.8) is 0 Å². The Bertz CT molecular complexity index is 668. The lowest BCUT2D eigenvalue weighted by Crippen LogP contribution is -2.12. The highest BCUT2D eigenvalue weighted by Crippen LogP contribution is 2.36. The molecule has 0 unspecified atom stereocenters. The van der Waals surface area contributed by atoms with Crippen LogP contribution in [0, 0.1) is 5.92 Å². The molecular formula is C25H38N2S. The standard InChI is InChI=1S/C25H38N2S/c1-3-5-6-7-8-9-24-26-27-25(28-24)19-14-21-12-17-23(18-13-21)22-15-10-20(4-2)11-16-22/h12-13,17-18,20,22H,3-11,14-16,19H2,1-2H3. The first kappa shape index (κ1) is 21.5. The molecule has 0 amide bonds. The van der Waals surface area contributed by atoms with E-state index >= 15 is 0 Å². The second-order valence-electron chi connectivity index (χ2n) is 8.62. The monoisotopic (exact) mass is 398 g/mol. The van der Waals surface area contributed by atoms with E-state index in [0.29, 0.717) is 0 Å². The highest BCUT2D eigenvalue weighted by molar-refractivity contribution is 7.11. The van der Waals surface area contributed by atoms with Crippen molar-refractivity contribution in [2.24, 2.45) is 5.92 Å². The Hall–Kier alpha value is -1.22. The zero-order valence-corrected chi connectivity index (χ0v) is 18.8. The molecule has 3 rings (SSSR count). The van der Waals surface area contributed by atoms with Gasteiger partial charge in [-0.3, -0.25) is 0 Å². The van der Waals surface area contributed by atoms with Gasteiger partial charge in [0.1, 0.15) is 10.0 Å². The van der Waals surface area contributed by atoms with Gasteiger partial charge in [0.25, 0.3) is 0 Å². The molecule has 0 saturated heterocycles. The molecule has 1 aliphatic rings. The molecule has 2 aromatic rings. The van der Waals surface area contributed by atoms with Crippen LogP contribution in [0.25, 0.3) is 0 Å². The van der Waals surface area contributed by atoms with Gasteiger partial charge in [0.2, 0.25) is 0 Å². The van der Waals surface area contributed by atoms with E-state index in [1.165, 1.54) is 79.8 Å². The molecule has 0 radical (unpaired) electrons. The molecule has 0 aliphatic heterocycles. The summed E-state index contributed by atoms with van der Waals surface area (Å²) in [6, 6.07) is 9.45. The van der Waals surface area contributed by atoms with Crippen LogP contribution in [0.2, 0.25) is 0 Å². The quantitative estimate of drug-likeness (QED) is 0.366. The van der Waals surface area contributed by atoms with Crippen molar-refractivity contribution >= 4 is 11.3 Å². The van der Waals surface area contributed by atoms with E-state index in [1.54, 1.807) is 5.56 Å². The normalized spacial score (nSPS) is 19.8. The first-order valence-corrected chi connectivity index (χ1v) is 12.5. The van der Waals surface area contributed by atoms with E-state index in [0.717, 1.165) is 31.1 Å². The molecule has 1 aromatic carbocycles. The second kappa shape index (κ2) is 11.7. The SMILES string of the molecule is CCCCCCCc1nnc(CCc2ccc(C3CCC(CC)CC3)cc2)s1. The lowest BCUT2D eigenvalue weighted by Gasteiger charge is -2.28. The lowest BCUT2D eigenvalue weighted by molar-refractivity contribution is 0.319. The summed E-state index contributed by atoms with van der Waals surface area (Å²) in [7, 11) is 0. The molecule has 1 saturated carbocycles. The Morgan fingerprint density at radius 1 is 0.786 bits per heavy atom. The third-order valence-electron chi connectivity index (χ3n) is 6.51. The Kier molecular flexibility index (Phi) is 8.98. The number of unbranched alkanes of at least 4 members (excludes halogenated alkanes) is 4. The van der Waals surface area contributed by atoms with Crippen LogP contribution in [-0.2, 0) is 19.3 Å². The summed E-state index contributed by atoms with van der Waals surface area (Å²) in [6.45, 7) is 4.61. The average molecular weight is 399 g/mol. The van der Waals surface area contributed by atoms with Crippen molar-refractivity contribution in [3.05, 3.63) is 45.4 Å². The van der Waals surface area contributed by atoms with E-state index in [-0.39, 0.29) is 0 Å². The third kappa shape index (κ3) is 6.69. The van der Waals surface area contributed by atoms with E-state index in [9.17, 15) is 0 Å². The smallest absolute Gasteiger partial charge is 0.117 e. The van der Waals surface area contributed by atoms with Crippen LogP contribution >= 0.6 is 11.3 Å². The summed E-state index contributed by atoms with van der Waals surface area (Å²) in [4.78, 5) is 0. The number of nitrogens with zero attached hydrogens (tertiary/aromatic N) is 2. The van der Waals surface area contributed by atoms with E-state index in [2.05, 4.69) is 48.3 Å². The number of benzene rings is 1. The Morgan fingerprint density at radius 2 is 1.46 bits per heavy atom. The van der Waals surface area contributed by atoms with Crippen molar-refractivity contribution < 1.29 is 0 Å². The maximum Gasteiger partial charge on any atom is 0.117 e. The summed E-state index contributed by atoms with van der Waals surface area (Å²) in [5.41, 5.74) is 2.99. The van der Waals surface area contributed by atoms with Crippen LogP contribution < -0.4 is 0 Å². The molecule has 1 fully saturated rings. The summed E-state index contributed by atoms with van der Waals surface area (Å²) in [5, 5.41) is 11.3. The molecule has 3 heteroatoms. The molecule has 0 bridgehead atoms. The molecule has 0 N–H and O–H groups in total. The van der Waals surface area contributed by atoms with Gasteiger partial charge in [-0.2, -0.15) is 0 Å². The van der Waals surface area contributed by atoms with Crippen LogP contribution in [0.3, 0.4) is 0 Å². The fourth-order valence-corrected chi connectivity index (χ4v) is 5.37.